The van der Waals surface area contributed by atoms with Gasteiger partial charge in [-0.15, -0.1) is 0 Å². The summed E-state index contributed by atoms with van der Waals surface area (Å²) in [6.45, 7) is 4.16. The molecule has 18 heavy (non-hydrogen) atoms. The highest BCUT2D eigenvalue weighted by Crippen LogP contribution is 2.01. The summed E-state index contributed by atoms with van der Waals surface area (Å²) >= 11 is 0. The van der Waals surface area contributed by atoms with Crippen molar-refractivity contribution >= 4 is 17.8 Å². The third-order valence-electron chi connectivity index (χ3n) is 2.87. The van der Waals surface area contributed by atoms with E-state index in [1.54, 1.807) is 9.80 Å². The molecule has 0 radical (unpaired) electrons. The number of rotatable bonds is 5. The summed E-state index contributed by atoms with van der Waals surface area (Å²) in [6, 6.07) is 0. The van der Waals surface area contributed by atoms with Gasteiger partial charge >= 0.3 is 5.97 Å². The van der Waals surface area contributed by atoms with Gasteiger partial charge < -0.3 is 20.2 Å². The predicted octanol–water partition coefficient (Wildman–Crippen LogP) is -1.26. The third kappa shape index (κ3) is 4.70. The molecule has 0 aromatic carbocycles. The molecule has 0 unspecified atom stereocenters. The van der Waals surface area contributed by atoms with Crippen molar-refractivity contribution in [2.75, 3.05) is 39.3 Å². The molecule has 1 fully saturated rings. The standard InChI is InChI=1S/C11H19N3O4/c1-9(15)13-4-6-14(7-5-13)10(16)8-12-3-2-11(17)18/h12H,2-8H2,1H3,(H,17,18). The van der Waals surface area contributed by atoms with Gasteiger partial charge in [-0.25, -0.2) is 0 Å². The first-order chi connectivity index (χ1) is 8.50. The Labute approximate surface area is 106 Å². The van der Waals surface area contributed by atoms with E-state index in [2.05, 4.69) is 5.32 Å². The second kappa shape index (κ2) is 6.95. The number of carboxylic acids is 1. The predicted molar refractivity (Wildman–Crippen MR) is 64.0 cm³/mol. The highest BCUT2D eigenvalue weighted by atomic mass is 16.4. The SMILES string of the molecule is CC(=O)N1CCN(C(=O)CNCCC(=O)O)CC1. The van der Waals surface area contributed by atoms with E-state index in [0.717, 1.165) is 0 Å². The Bertz CT molecular complexity index is 324. The van der Waals surface area contributed by atoms with E-state index in [9.17, 15) is 14.4 Å². The lowest BCUT2D eigenvalue weighted by molar-refractivity contribution is -0.138. The molecule has 0 aromatic heterocycles. The van der Waals surface area contributed by atoms with Gasteiger partial charge in [0, 0.05) is 39.6 Å². The zero-order valence-corrected chi connectivity index (χ0v) is 10.5. The summed E-state index contributed by atoms with van der Waals surface area (Å²) in [5.41, 5.74) is 0. The molecule has 0 bridgehead atoms. The number of hydrogen-bond acceptors (Lipinski definition) is 4. The molecule has 7 nitrogen and oxygen atoms in total. The number of nitrogens with one attached hydrogen (secondary N) is 1. The zero-order chi connectivity index (χ0) is 13.5. The fraction of sp³-hybridized carbons (Fsp3) is 0.727. The molecule has 1 heterocycles. The Morgan fingerprint density at radius 1 is 1.11 bits per heavy atom. The number of aliphatic carboxylic acids is 1. The number of hydrogen-bond donors (Lipinski definition) is 2. The molecule has 1 aliphatic rings. The van der Waals surface area contributed by atoms with Crippen LogP contribution < -0.4 is 5.32 Å². The van der Waals surface area contributed by atoms with Crippen molar-refractivity contribution in [2.24, 2.45) is 0 Å². The molecule has 1 rings (SSSR count). The van der Waals surface area contributed by atoms with Crippen LogP contribution in [0, 0.1) is 0 Å². The molecular weight excluding hydrogens is 238 g/mol. The van der Waals surface area contributed by atoms with Crippen LogP contribution in [-0.4, -0.2) is 72.0 Å². The van der Waals surface area contributed by atoms with Gasteiger partial charge in [-0.3, -0.25) is 14.4 Å². The molecule has 0 aliphatic carbocycles. The second-order valence-corrected chi connectivity index (χ2v) is 4.21. The average molecular weight is 257 g/mol. The van der Waals surface area contributed by atoms with Crippen molar-refractivity contribution in [3.05, 3.63) is 0 Å². The average Bonchev–Trinajstić information content (AvgIpc) is 2.34. The molecule has 0 spiro atoms. The van der Waals surface area contributed by atoms with Crippen LogP contribution in [-0.2, 0) is 14.4 Å². The molecule has 1 saturated heterocycles. The molecular formula is C11H19N3O4. The Kier molecular flexibility index (Phi) is 5.57. The van der Waals surface area contributed by atoms with Crippen LogP contribution in [0.2, 0.25) is 0 Å². The van der Waals surface area contributed by atoms with Crippen LogP contribution in [0.15, 0.2) is 0 Å². The van der Waals surface area contributed by atoms with Crippen LogP contribution in [0.25, 0.3) is 0 Å². The van der Waals surface area contributed by atoms with E-state index < -0.39 is 5.97 Å². The lowest BCUT2D eigenvalue weighted by Gasteiger charge is -2.34. The number of amides is 2. The number of carbonyl (C=O) groups is 3. The highest BCUT2D eigenvalue weighted by Gasteiger charge is 2.21. The summed E-state index contributed by atoms with van der Waals surface area (Å²) in [5.74, 6) is -0.907. The van der Waals surface area contributed by atoms with E-state index in [1.165, 1.54) is 6.92 Å². The maximum atomic E-state index is 11.7. The number of piperazine rings is 1. The van der Waals surface area contributed by atoms with E-state index in [0.29, 0.717) is 26.2 Å². The monoisotopic (exact) mass is 257 g/mol. The Hall–Kier alpha value is -1.63. The fourth-order valence-corrected chi connectivity index (χ4v) is 1.77. The molecule has 2 N–H and O–H groups in total. The largest absolute Gasteiger partial charge is 0.481 e. The van der Waals surface area contributed by atoms with E-state index in [1.807, 2.05) is 0 Å². The van der Waals surface area contributed by atoms with Crippen molar-refractivity contribution in [3.8, 4) is 0 Å². The molecule has 102 valence electrons. The Morgan fingerprint density at radius 3 is 2.17 bits per heavy atom. The normalized spacial score (nSPS) is 15.6. The summed E-state index contributed by atoms with van der Waals surface area (Å²) in [4.78, 5) is 36.5. The number of carbonyl (C=O) groups excluding carboxylic acids is 2. The maximum absolute atomic E-state index is 11.7. The van der Waals surface area contributed by atoms with Gasteiger partial charge in [-0.1, -0.05) is 0 Å². The van der Waals surface area contributed by atoms with Crippen molar-refractivity contribution in [2.45, 2.75) is 13.3 Å². The van der Waals surface area contributed by atoms with Gasteiger partial charge in [0.2, 0.25) is 11.8 Å². The van der Waals surface area contributed by atoms with Crippen LogP contribution in [0.1, 0.15) is 13.3 Å². The summed E-state index contributed by atoms with van der Waals surface area (Å²) in [5, 5.41) is 11.2. The minimum absolute atomic E-state index is 0.00535. The first-order valence-corrected chi connectivity index (χ1v) is 5.96. The second-order valence-electron chi connectivity index (χ2n) is 4.21. The highest BCUT2D eigenvalue weighted by molar-refractivity contribution is 5.79. The van der Waals surface area contributed by atoms with Gasteiger partial charge in [-0.2, -0.15) is 0 Å². The topological polar surface area (TPSA) is 90.0 Å². The summed E-state index contributed by atoms with van der Waals surface area (Å²) in [7, 11) is 0. The zero-order valence-electron chi connectivity index (χ0n) is 10.5. The first-order valence-electron chi connectivity index (χ1n) is 5.96. The van der Waals surface area contributed by atoms with E-state index >= 15 is 0 Å². The van der Waals surface area contributed by atoms with Crippen LogP contribution in [0.4, 0.5) is 0 Å². The van der Waals surface area contributed by atoms with Gasteiger partial charge in [-0.05, 0) is 0 Å². The molecule has 0 aromatic rings. The Balaban J connectivity index is 2.20. The van der Waals surface area contributed by atoms with Gasteiger partial charge in [0.25, 0.3) is 0 Å². The minimum Gasteiger partial charge on any atom is -0.481 e. The Morgan fingerprint density at radius 2 is 1.67 bits per heavy atom. The third-order valence-corrected chi connectivity index (χ3v) is 2.87. The van der Waals surface area contributed by atoms with Gasteiger partial charge in [0.15, 0.2) is 0 Å². The number of carboxylic acid groups (broad SMARTS) is 1. The maximum Gasteiger partial charge on any atom is 0.304 e. The molecule has 0 saturated carbocycles. The number of nitrogens with zero attached hydrogens (tertiary/aromatic N) is 2. The fourth-order valence-electron chi connectivity index (χ4n) is 1.77. The van der Waals surface area contributed by atoms with Crippen molar-refractivity contribution in [3.63, 3.8) is 0 Å². The minimum atomic E-state index is -0.884. The first kappa shape index (κ1) is 14.4. The van der Waals surface area contributed by atoms with Gasteiger partial charge in [0.05, 0.1) is 13.0 Å². The lowest BCUT2D eigenvalue weighted by atomic mass is 10.3. The molecule has 7 heteroatoms. The van der Waals surface area contributed by atoms with Crippen LogP contribution in [0.5, 0.6) is 0 Å². The molecule has 0 atom stereocenters. The van der Waals surface area contributed by atoms with E-state index in [4.69, 9.17) is 5.11 Å². The quantitative estimate of drug-likeness (QED) is 0.600. The van der Waals surface area contributed by atoms with Crippen molar-refractivity contribution in [1.82, 2.24) is 15.1 Å². The van der Waals surface area contributed by atoms with Crippen LogP contribution >= 0.6 is 0 Å². The molecule has 1 aliphatic heterocycles. The summed E-state index contributed by atoms with van der Waals surface area (Å²) < 4.78 is 0. The lowest BCUT2D eigenvalue weighted by Crippen LogP contribution is -2.51. The molecule has 2 amide bonds. The van der Waals surface area contributed by atoms with E-state index in [-0.39, 0.29) is 31.3 Å². The van der Waals surface area contributed by atoms with Gasteiger partial charge in [0.1, 0.15) is 0 Å². The van der Waals surface area contributed by atoms with Crippen molar-refractivity contribution in [1.29, 1.82) is 0 Å². The van der Waals surface area contributed by atoms with Crippen LogP contribution in [0.3, 0.4) is 0 Å². The summed E-state index contributed by atoms with van der Waals surface area (Å²) in [6.07, 6.45) is 0.00535. The smallest absolute Gasteiger partial charge is 0.304 e. The van der Waals surface area contributed by atoms with Crippen molar-refractivity contribution < 1.29 is 19.5 Å².